The van der Waals surface area contributed by atoms with Crippen molar-refractivity contribution in [2.75, 3.05) is 12.4 Å². The van der Waals surface area contributed by atoms with Gasteiger partial charge < -0.3 is 15.2 Å². The summed E-state index contributed by atoms with van der Waals surface area (Å²) in [5.74, 6) is -0.464. The second-order valence-electron chi connectivity index (χ2n) is 4.26. The highest BCUT2D eigenvalue weighted by Gasteiger charge is 2.02. The van der Waals surface area contributed by atoms with Crippen LogP contribution in [-0.2, 0) is 4.79 Å². The lowest BCUT2D eigenvalue weighted by atomic mass is 10.2. The van der Waals surface area contributed by atoms with Crippen molar-refractivity contribution in [2.45, 2.75) is 0 Å². The minimum absolute atomic E-state index is 0.00908. The Kier molecular flexibility index (Phi) is 4.56. The van der Waals surface area contributed by atoms with E-state index >= 15 is 0 Å². The molecule has 2 N–H and O–H groups in total. The number of amides is 1. The molecule has 0 saturated heterocycles. The number of nitrogens with one attached hydrogen (secondary N) is 1. The van der Waals surface area contributed by atoms with Gasteiger partial charge in [-0.1, -0.05) is 12.1 Å². The molecule has 108 valence electrons. The number of ether oxygens (including phenoxy) is 1. The average Bonchev–Trinajstić information content (AvgIpc) is 2.45. The Morgan fingerprint density at radius 2 is 2.10 bits per heavy atom. The molecule has 0 aromatic heterocycles. The monoisotopic (exact) mass is 287 g/mol. The van der Waals surface area contributed by atoms with Gasteiger partial charge in [0.2, 0.25) is 5.91 Å². The van der Waals surface area contributed by atoms with Crippen molar-refractivity contribution in [1.29, 1.82) is 0 Å². The summed E-state index contributed by atoms with van der Waals surface area (Å²) in [5, 5.41) is 12.2. The van der Waals surface area contributed by atoms with Gasteiger partial charge >= 0.3 is 0 Å². The van der Waals surface area contributed by atoms with E-state index in [9.17, 15) is 14.3 Å². The summed E-state index contributed by atoms with van der Waals surface area (Å²) in [6.07, 6.45) is 2.83. The highest BCUT2D eigenvalue weighted by atomic mass is 19.1. The van der Waals surface area contributed by atoms with Crippen LogP contribution in [0.1, 0.15) is 5.56 Å². The van der Waals surface area contributed by atoms with E-state index in [4.69, 9.17) is 4.74 Å². The first-order chi connectivity index (χ1) is 10.1. The third-order valence-corrected chi connectivity index (χ3v) is 2.72. The second-order valence-corrected chi connectivity index (χ2v) is 4.26. The molecular formula is C16H14FNO3. The minimum atomic E-state index is -0.420. The molecule has 0 heterocycles. The third kappa shape index (κ3) is 4.07. The number of hydrogen-bond acceptors (Lipinski definition) is 3. The molecule has 2 aromatic carbocycles. The third-order valence-electron chi connectivity index (χ3n) is 2.72. The van der Waals surface area contributed by atoms with E-state index in [0.717, 1.165) is 0 Å². The number of aromatic hydroxyl groups is 1. The van der Waals surface area contributed by atoms with Gasteiger partial charge in [-0.2, -0.15) is 0 Å². The summed E-state index contributed by atoms with van der Waals surface area (Å²) in [6.45, 7) is 0. The van der Waals surface area contributed by atoms with Crippen LogP contribution in [0.25, 0.3) is 6.08 Å². The van der Waals surface area contributed by atoms with Gasteiger partial charge in [-0.3, -0.25) is 4.79 Å². The van der Waals surface area contributed by atoms with E-state index in [1.54, 1.807) is 18.2 Å². The molecule has 2 aromatic rings. The van der Waals surface area contributed by atoms with Crippen LogP contribution >= 0.6 is 0 Å². The first-order valence-corrected chi connectivity index (χ1v) is 6.20. The molecule has 0 fully saturated rings. The van der Waals surface area contributed by atoms with Crippen LogP contribution in [0, 0.1) is 5.82 Å². The maximum absolute atomic E-state index is 13.0. The lowest BCUT2D eigenvalue weighted by molar-refractivity contribution is -0.111. The van der Waals surface area contributed by atoms with Crippen molar-refractivity contribution in [3.63, 3.8) is 0 Å². The van der Waals surface area contributed by atoms with Gasteiger partial charge in [-0.05, 0) is 42.0 Å². The standard InChI is InChI=1S/C16H14FNO3/c1-21-15-7-5-11(9-14(15)19)6-8-16(20)18-13-4-2-3-12(17)10-13/h2-10,19H,1H3,(H,18,20)/b8-6+. The van der Waals surface area contributed by atoms with Gasteiger partial charge in [0, 0.05) is 11.8 Å². The maximum Gasteiger partial charge on any atom is 0.248 e. The minimum Gasteiger partial charge on any atom is -0.504 e. The summed E-state index contributed by atoms with van der Waals surface area (Å²) >= 11 is 0. The van der Waals surface area contributed by atoms with E-state index in [2.05, 4.69) is 5.32 Å². The van der Waals surface area contributed by atoms with Crippen LogP contribution in [-0.4, -0.2) is 18.1 Å². The number of methoxy groups -OCH3 is 1. The lowest BCUT2D eigenvalue weighted by Crippen LogP contribution is -2.07. The molecule has 0 aliphatic carbocycles. The zero-order chi connectivity index (χ0) is 15.2. The predicted molar refractivity (Wildman–Crippen MR) is 78.7 cm³/mol. The summed E-state index contributed by atoms with van der Waals surface area (Å²) in [5.41, 5.74) is 1.02. The van der Waals surface area contributed by atoms with Gasteiger partial charge in [0.25, 0.3) is 0 Å². The Hall–Kier alpha value is -2.82. The van der Waals surface area contributed by atoms with Crippen molar-refractivity contribution in [3.05, 3.63) is 59.9 Å². The van der Waals surface area contributed by atoms with Gasteiger partial charge in [-0.25, -0.2) is 4.39 Å². The molecule has 0 bridgehead atoms. The molecular weight excluding hydrogens is 273 g/mol. The van der Waals surface area contributed by atoms with Gasteiger partial charge in [0.15, 0.2) is 11.5 Å². The van der Waals surface area contributed by atoms with E-state index in [1.165, 1.54) is 43.5 Å². The summed E-state index contributed by atoms with van der Waals surface area (Å²) in [4.78, 5) is 11.7. The first-order valence-electron chi connectivity index (χ1n) is 6.20. The fourth-order valence-corrected chi connectivity index (χ4v) is 1.73. The zero-order valence-electron chi connectivity index (χ0n) is 11.3. The van der Waals surface area contributed by atoms with Crippen molar-refractivity contribution < 1.29 is 19.0 Å². The van der Waals surface area contributed by atoms with E-state index in [0.29, 0.717) is 17.0 Å². The number of rotatable bonds is 4. The molecule has 0 aliphatic rings. The molecule has 1 amide bonds. The molecule has 0 unspecified atom stereocenters. The fraction of sp³-hybridized carbons (Fsp3) is 0.0625. The molecule has 0 aliphatic heterocycles. The number of carbonyl (C=O) groups excluding carboxylic acids is 1. The van der Waals surface area contributed by atoms with Gasteiger partial charge in [-0.15, -0.1) is 0 Å². The van der Waals surface area contributed by atoms with E-state index in [-0.39, 0.29) is 5.75 Å². The normalized spacial score (nSPS) is 10.6. The number of benzene rings is 2. The summed E-state index contributed by atoms with van der Waals surface area (Å²) in [7, 11) is 1.46. The van der Waals surface area contributed by atoms with E-state index in [1.807, 2.05) is 0 Å². The Labute approximate surface area is 121 Å². The number of carbonyl (C=O) groups is 1. The largest absolute Gasteiger partial charge is 0.504 e. The smallest absolute Gasteiger partial charge is 0.248 e. The number of hydrogen-bond donors (Lipinski definition) is 2. The number of phenolic OH excluding ortho intramolecular Hbond substituents is 1. The topological polar surface area (TPSA) is 58.6 Å². The highest BCUT2D eigenvalue weighted by Crippen LogP contribution is 2.26. The molecule has 0 spiro atoms. The Morgan fingerprint density at radius 3 is 2.76 bits per heavy atom. The van der Waals surface area contributed by atoms with Crippen LogP contribution in [0.2, 0.25) is 0 Å². The SMILES string of the molecule is COc1ccc(/C=C/C(=O)Nc2cccc(F)c2)cc1O. The molecule has 0 radical (unpaired) electrons. The molecule has 2 rings (SSSR count). The van der Waals surface area contributed by atoms with Crippen LogP contribution in [0.15, 0.2) is 48.5 Å². The second kappa shape index (κ2) is 6.56. The molecule has 21 heavy (non-hydrogen) atoms. The maximum atomic E-state index is 13.0. The number of anilines is 1. The van der Waals surface area contributed by atoms with E-state index < -0.39 is 11.7 Å². The summed E-state index contributed by atoms with van der Waals surface area (Å²) in [6, 6.07) is 10.4. The number of phenols is 1. The number of halogens is 1. The van der Waals surface area contributed by atoms with Gasteiger partial charge in [0.05, 0.1) is 7.11 Å². The Balaban J connectivity index is 2.03. The van der Waals surface area contributed by atoms with Crippen LogP contribution in [0.3, 0.4) is 0 Å². The van der Waals surface area contributed by atoms with Crippen LogP contribution in [0.5, 0.6) is 11.5 Å². The van der Waals surface area contributed by atoms with Gasteiger partial charge in [0.1, 0.15) is 5.82 Å². The zero-order valence-corrected chi connectivity index (χ0v) is 11.3. The lowest BCUT2D eigenvalue weighted by Gasteiger charge is -2.04. The Morgan fingerprint density at radius 1 is 1.29 bits per heavy atom. The molecule has 0 atom stereocenters. The van der Waals surface area contributed by atoms with Crippen molar-refractivity contribution in [2.24, 2.45) is 0 Å². The quantitative estimate of drug-likeness (QED) is 0.849. The highest BCUT2D eigenvalue weighted by molar-refractivity contribution is 6.01. The average molecular weight is 287 g/mol. The summed E-state index contributed by atoms with van der Waals surface area (Å²) < 4.78 is 17.9. The molecule has 5 heteroatoms. The Bertz CT molecular complexity index is 683. The van der Waals surface area contributed by atoms with Crippen molar-refractivity contribution in [3.8, 4) is 11.5 Å². The predicted octanol–water partition coefficient (Wildman–Crippen LogP) is 3.19. The van der Waals surface area contributed by atoms with Crippen molar-refractivity contribution in [1.82, 2.24) is 0 Å². The van der Waals surface area contributed by atoms with Crippen LogP contribution in [0.4, 0.5) is 10.1 Å². The molecule has 4 nitrogen and oxygen atoms in total. The van der Waals surface area contributed by atoms with Crippen molar-refractivity contribution >= 4 is 17.7 Å². The van der Waals surface area contributed by atoms with Crippen LogP contribution < -0.4 is 10.1 Å². The fourth-order valence-electron chi connectivity index (χ4n) is 1.73. The first kappa shape index (κ1) is 14.6. The molecule has 0 saturated carbocycles.